The van der Waals surface area contributed by atoms with Gasteiger partial charge in [0.2, 0.25) is 0 Å². The molecule has 22 heteroatoms. The minimum atomic E-state index is -1.75. The molecule has 0 spiro atoms. The Morgan fingerprint density at radius 2 is 0.364 bits per heavy atom. The molecule has 0 aliphatic carbocycles. The Kier molecular flexibility index (Phi) is 70.8. The molecule has 0 bridgehead atoms. The quantitative estimate of drug-likeness (QED) is 0.215. The summed E-state index contributed by atoms with van der Waals surface area (Å²) in [5.41, 5.74) is 0. The first-order valence-electron chi connectivity index (χ1n) is 2.74. The van der Waals surface area contributed by atoms with Crippen molar-refractivity contribution in [3.05, 3.63) is 76.6 Å². The van der Waals surface area contributed by atoms with Crippen molar-refractivity contribution >= 4 is 23.1 Å². The van der Waals surface area contributed by atoms with E-state index >= 15 is 0 Å². The van der Waals surface area contributed by atoms with E-state index in [0.717, 1.165) is 0 Å². The molecular formula is MgN5NdO15. The predicted octanol–water partition coefficient (Wildman–Crippen LogP) is -1.58. The van der Waals surface area contributed by atoms with Crippen molar-refractivity contribution in [2.24, 2.45) is 0 Å². The van der Waals surface area contributed by atoms with Crippen LogP contribution in [0.15, 0.2) is 0 Å². The number of nitrogens with zero attached hydrogens (tertiary/aromatic N) is 5. The fraction of sp³-hybridized carbons (Fsp3) is 0. The van der Waals surface area contributed by atoms with Crippen molar-refractivity contribution in [1.82, 2.24) is 0 Å². The topological polar surface area (TPSA) is 331 Å². The van der Waals surface area contributed by atoms with E-state index in [0.29, 0.717) is 0 Å². The van der Waals surface area contributed by atoms with Gasteiger partial charge in [-0.1, -0.05) is 0 Å². The second kappa shape index (κ2) is 36.5. The van der Waals surface area contributed by atoms with E-state index in [1.165, 1.54) is 0 Å². The van der Waals surface area contributed by atoms with Gasteiger partial charge in [-0.25, -0.2) is 0 Å². The maximum Gasteiger partial charge on any atom is 3.00 e. The van der Waals surface area contributed by atoms with Gasteiger partial charge in [0.05, 0.1) is 25.4 Å². The van der Waals surface area contributed by atoms with Crippen LogP contribution in [-0.2, 0) is 0 Å². The zero-order valence-corrected chi connectivity index (χ0v) is 14.2. The van der Waals surface area contributed by atoms with Crippen LogP contribution in [0.1, 0.15) is 0 Å². The molecule has 0 aromatic heterocycles. The summed E-state index contributed by atoms with van der Waals surface area (Å²) >= 11 is 0. The summed E-state index contributed by atoms with van der Waals surface area (Å²) in [6, 6.07) is 0. The molecule has 22 heavy (non-hydrogen) atoms. The van der Waals surface area contributed by atoms with Crippen LogP contribution in [0.2, 0.25) is 0 Å². The van der Waals surface area contributed by atoms with Crippen molar-refractivity contribution in [2.75, 3.05) is 0 Å². The molecule has 121 valence electrons. The second-order valence-electron chi connectivity index (χ2n) is 1.12. The van der Waals surface area contributed by atoms with Crippen LogP contribution >= 0.6 is 0 Å². The van der Waals surface area contributed by atoms with E-state index < -0.39 is 25.4 Å². The SMILES string of the molecule is O=[N+]([O-])[O-].O=[N+]([O-])[O-].O=[N+]([O-])[O-].O=[N+]([O-])[O-].O=[N+]([O-])[O-].[Mg+2].[Nd+3]. The van der Waals surface area contributed by atoms with Gasteiger partial charge in [0.1, 0.15) is 0 Å². The molecule has 0 rings (SSSR count). The maximum absolute atomic E-state index is 8.25. The minimum absolute atomic E-state index is 0. The average molecular weight is 479 g/mol. The van der Waals surface area contributed by atoms with Gasteiger partial charge < -0.3 is 76.6 Å². The maximum atomic E-state index is 8.25. The first-order valence-corrected chi connectivity index (χ1v) is 2.74. The molecule has 0 aliphatic rings. The molecule has 0 aromatic rings. The van der Waals surface area contributed by atoms with Crippen molar-refractivity contribution in [2.45, 2.75) is 0 Å². The monoisotopic (exact) mass is 476 g/mol. The van der Waals surface area contributed by atoms with Gasteiger partial charge in [0.15, 0.2) is 0 Å². The molecule has 0 saturated carbocycles. The zero-order chi connectivity index (χ0) is 17.9. The molecule has 0 unspecified atom stereocenters. The Hall–Kier alpha value is -1.88. The first kappa shape index (κ1) is 42.7. The Labute approximate surface area is 165 Å². The smallest absolute Gasteiger partial charge is 0.356 e. The Balaban J connectivity index is -0.0000000250. The fourth-order valence-corrected chi connectivity index (χ4v) is 0. The molecule has 0 atom stereocenters. The van der Waals surface area contributed by atoms with Crippen LogP contribution < -0.4 is 0 Å². The molecule has 0 N–H and O–H groups in total. The number of hydrogen-bond acceptors (Lipinski definition) is 15. The number of hydrogen-bond donors (Lipinski definition) is 0. The Bertz CT molecular complexity index is 213. The molecule has 0 aromatic carbocycles. The van der Waals surface area contributed by atoms with E-state index in [9.17, 15) is 0 Å². The molecule has 0 saturated heterocycles. The van der Waals surface area contributed by atoms with Crippen LogP contribution in [-0.4, -0.2) is 48.5 Å². The van der Waals surface area contributed by atoms with Crippen molar-refractivity contribution in [1.29, 1.82) is 0 Å². The standard InChI is InChI=1S/Mg.5NO3.Nd/c;5*2-1(3)4;/q+2;5*-1;+3. The van der Waals surface area contributed by atoms with Crippen molar-refractivity contribution < 1.29 is 66.3 Å². The molecular weight excluding hydrogens is 479 g/mol. The summed E-state index contributed by atoms with van der Waals surface area (Å²) in [6.07, 6.45) is 0. The molecule has 0 amide bonds. The van der Waals surface area contributed by atoms with E-state index in [1.54, 1.807) is 0 Å². The van der Waals surface area contributed by atoms with Crippen LogP contribution in [0.4, 0.5) is 0 Å². The van der Waals surface area contributed by atoms with Gasteiger partial charge in [-0.3, -0.25) is 0 Å². The van der Waals surface area contributed by atoms with Gasteiger partial charge in [-0.15, -0.1) is 0 Å². The van der Waals surface area contributed by atoms with Crippen LogP contribution in [0.3, 0.4) is 0 Å². The Morgan fingerprint density at radius 1 is 0.364 bits per heavy atom. The molecule has 0 fully saturated rings. The largest absolute Gasteiger partial charge is 3.00 e. The van der Waals surface area contributed by atoms with Crippen molar-refractivity contribution in [3.8, 4) is 0 Å². The average Bonchev–Trinajstić information content (AvgIpc) is 1.94. The fourth-order valence-electron chi connectivity index (χ4n) is 0. The summed E-state index contributed by atoms with van der Waals surface area (Å²) in [4.78, 5) is 41.2. The van der Waals surface area contributed by atoms with Gasteiger partial charge in [0.25, 0.3) is 0 Å². The van der Waals surface area contributed by atoms with Gasteiger partial charge in [-0.2, -0.15) is 0 Å². The van der Waals surface area contributed by atoms with Crippen LogP contribution in [0.5, 0.6) is 0 Å². The predicted molar refractivity (Wildman–Crippen MR) is 57.6 cm³/mol. The molecule has 1 radical (unpaired) electrons. The third-order valence-electron chi connectivity index (χ3n) is 0. The van der Waals surface area contributed by atoms with E-state index in [2.05, 4.69) is 0 Å². The summed E-state index contributed by atoms with van der Waals surface area (Å²) < 4.78 is 0. The van der Waals surface area contributed by atoms with E-state index in [1.807, 2.05) is 0 Å². The summed E-state index contributed by atoms with van der Waals surface area (Å²) in [7, 11) is 0. The molecule has 0 aliphatic heterocycles. The zero-order valence-electron chi connectivity index (χ0n) is 9.57. The molecule has 20 nitrogen and oxygen atoms in total. The second-order valence-corrected chi connectivity index (χ2v) is 1.12. The third kappa shape index (κ3) is 1500. The third-order valence-corrected chi connectivity index (χ3v) is 0. The van der Waals surface area contributed by atoms with Crippen molar-refractivity contribution in [3.63, 3.8) is 0 Å². The first-order chi connectivity index (χ1) is 8.66. The Morgan fingerprint density at radius 3 is 0.364 bits per heavy atom. The van der Waals surface area contributed by atoms with Gasteiger partial charge in [-0.05, 0) is 0 Å². The summed E-state index contributed by atoms with van der Waals surface area (Å²) in [5.74, 6) is 0. The van der Waals surface area contributed by atoms with E-state index in [-0.39, 0.29) is 63.9 Å². The van der Waals surface area contributed by atoms with Crippen LogP contribution in [0.25, 0.3) is 0 Å². The summed E-state index contributed by atoms with van der Waals surface area (Å²) in [6.45, 7) is 0. The minimum Gasteiger partial charge on any atom is -0.356 e. The van der Waals surface area contributed by atoms with E-state index in [4.69, 9.17) is 76.6 Å². The summed E-state index contributed by atoms with van der Waals surface area (Å²) in [5, 5.41) is 73.8. The molecule has 0 heterocycles. The normalized spacial score (nSPS) is 5.45. The number of rotatable bonds is 0. The van der Waals surface area contributed by atoms with Crippen LogP contribution in [0, 0.1) is 117 Å². The van der Waals surface area contributed by atoms with Gasteiger partial charge in [0, 0.05) is 0 Å². The van der Waals surface area contributed by atoms with Gasteiger partial charge >= 0.3 is 63.9 Å².